The van der Waals surface area contributed by atoms with Gasteiger partial charge in [-0.15, -0.1) is 0 Å². The molecule has 0 saturated carbocycles. The van der Waals surface area contributed by atoms with Crippen LogP contribution in [-0.4, -0.2) is 28.8 Å². The maximum absolute atomic E-state index is 10.8. The van der Waals surface area contributed by atoms with Gasteiger partial charge < -0.3 is 9.84 Å². The molecule has 2 heterocycles. The monoisotopic (exact) mass is 228 g/mol. The molecule has 0 aromatic heterocycles. The van der Waals surface area contributed by atoms with E-state index in [1.807, 2.05) is 11.8 Å². The van der Waals surface area contributed by atoms with Crippen molar-refractivity contribution in [3.63, 3.8) is 0 Å². The van der Waals surface area contributed by atoms with Crippen molar-refractivity contribution in [3.05, 3.63) is 11.8 Å². The smallest absolute Gasteiger partial charge is 0.135 e. The maximum atomic E-state index is 10.8. The molecule has 0 bridgehead atoms. The van der Waals surface area contributed by atoms with Crippen molar-refractivity contribution in [2.45, 2.75) is 38.7 Å². The van der Waals surface area contributed by atoms with Crippen LogP contribution in [0.1, 0.15) is 33.1 Å². The Labute approximate surface area is 96.1 Å². The average molecular weight is 228 g/mol. The van der Waals surface area contributed by atoms with Gasteiger partial charge in [0, 0.05) is 11.2 Å². The molecule has 1 N–H and O–H groups in total. The predicted molar refractivity (Wildman–Crippen MR) is 63.9 cm³/mol. The molecule has 1 fully saturated rings. The quantitative estimate of drug-likeness (QED) is 0.748. The lowest BCUT2D eigenvalue weighted by molar-refractivity contribution is -0.0662. The van der Waals surface area contributed by atoms with E-state index in [-0.39, 0.29) is 5.41 Å². The van der Waals surface area contributed by atoms with Crippen molar-refractivity contribution in [1.82, 2.24) is 0 Å². The molecule has 86 valence electrons. The maximum Gasteiger partial charge on any atom is 0.135 e. The van der Waals surface area contributed by atoms with E-state index in [1.54, 1.807) is 0 Å². The third-order valence-electron chi connectivity index (χ3n) is 3.65. The molecule has 15 heavy (non-hydrogen) atoms. The number of ether oxygens (including phenoxy) is 1. The first-order valence-electron chi connectivity index (χ1n) is 5.70. The third kappa shape index (κ3) is 1.92. The molecule has 1 atom stereocenters. The lowest BCUT2D eigenvalue weighted by atomic mass is 9.72. The zero-order valence-electron chi connectivity index (χ0n) is 9.58. The van der Waals surface area contributed by atoms with Crippen LogP contribution in [0, 0.1) is 5.41 Å². The summed E-state index contributed by atoms with van der Waals surface area (Å²) in [5.74, 6) is 2.74. The van der Waals surface area contributed by atoms with Gasteiger partial charge in [-0.25, -0.2) is 0 Å². The van der Waals surface area contributed by atoms with Gasteiger partial charge in [-0.2, -0.15) is 11.8 Å². The molecule has 1 unspecified atom stereocenters. The number of aliphatic hydroxyl groups is 1. The van der Waals surface area contributed by atoms with Crippen LogP contribution in [0.15, 0.2) is 11.8 Å². The summed E-state index contributed by atoms with van der Waals surface area (Å²) in [6.07, 6.45) is 5.25. The van der Waals surface area contributed by atoms with E-state index in [4.69, 9.17) is 4.74 Å². The minimum Gasteiger partial charge on any atom is -0.495 e. The normalized spacial score (nSPS) is 35.5. The average Bonchev–Trinajstić information content (AvgIpc) is 2.24. The van der Waals surface area contributed by atoms with Crippen LogP contribution >= 0.6 is 11.8 Å². The van der Waals surface area contributed by atoms with E-state index in [1.165, 1.54) is 0 Å². The summed E-state index contributed by atoms with van der Waals surface area (Å²) in [4.78, 5) is 0. The third-order valence-corrected chi connectivity index (χ3v) is 4.76. The van der Waals surface area contributed by atoms with Gasteiger partial charge in [0.15, 0.2) is 0 Å². The highest BCUT2D eigenvalue weighted by molar-refractivity contribution is 7.99. The fourth-order valence-electron chi connectivity index (χ4n) is 2.20. The van der Waals surface area contributed by atoms with E-state index in [9.17, 15) is 5.11 Å². The molecular formula is C12H20O2S. The van der Waals surface area contributed by atoms with Gasteiger partial charge in [-0.05, 0) is 31.1 Å². The van der Waals surface area contributed by atoms with Crippen LogP contribution in [0.5, 0.6) is 0 Å². The minimum absolute atomic E-state index is 0.0680. The lowest BCUT2D eigenvalue weighted by Gasteiger charge is -2.47. The molecule has 0 amide bonds. The summed E-state index contributed by atoms with van der Waals surface area (Å²) in [7, 11) is 0. The Kier molecular flexibility index (Phi) is 3.04. The van der Waals surface area contributed by atoms with Crippen molar-refractivity contribution >= 4 is 11.8 Å². The van der Waals surface area contributed by atoms with Crippen LogP contribution < -0.4 is 0 Å². The molecule has 0 aliphatic carbocycles. The first-order valence-corrected chi connectivity index (χ1v) is 6.85. The molecule has 0 radical (unpaired) electrons. The molecule has 0 aromatic rings. The largest absolute Gasteiger partial charge is 0.495 e. The lowest BCUT2D eigenvalue weighted by Crippen LogP contribution is -2.52. The number of thioether (sulfide) groups is 1. The fraction of sp³-hybridized carbons (Fsp3) is 0.833. The Hall–Kier alpha value is -0.150. The summed E-state index contributed by atoms with van der Waals surface area (Å²) < 4.78 is 5.65. The molecule has 2 aliphatic heterocycles. The van der Waals surface area contributed by atoms with E-state index in [0.29, 0.717) is 0 Å². The van der Waals surface area contributed by atoms with Crippen LogP contribution in [0.3, 0.4) is 0 Å². The Morgan fingerprint density at radius 1 is 1.47 bits per heavy atom. The van der Waals surface area contributed by atoms with Gasteiger partial charge in [0.2, 0.25) is 0 Å². The SMILES string of the molecule is CC1(C)CCSCC1(O)C1=CCCCO1. The van der Waals surface area contributed by atoms with E-state index in [0.717, 1.165) is 43.1 Å². The molecule has 2 rings (SSSR count). The van der Waals surface area contributed by atoms with Crippen molar-refractivity contribution in [1.29, 1.82) is 0 Å². The van der Waals surface area contributed by atoms with Crippen LogP contribution in [0.25, 0.3) is 0 Å². The Morgan fingerprint density at radius 2 is 2.27 bits per heavy atom. The summed E-state index contributed by atoms with van der Waals surface area (Å²) in [6, 6.07) is 0. The second kappa shape index (κ2) is 4.02. The summed E-state index contributed by atoms with van der Waals surface area (Å²) >= 11 is 1.83. The number of allylic oxidation sites excluding steroid dienone is 1. The van der Waals surface area contributed by atoms with Crippen LogP contribution in [0.2, 0.25) is 0 Å². The molecule has 1 saturated heterocycles. The first kappa shape index (κ1) is 11.3. The van der Waals surface area contributed by atoms with Gasteiger partial charge in [-0.1, -0.05) is 13.8 Å². The Balaban J connectivity index is 2.25. The van der Waals surface area contributed by atoms with Crippen molar-refractivity contribution in [3.8, 4) is 0 Å². The predicted octanol–water partition coefficient (Wildman–Crippen LogP) is 2.57. The summed E-state index contributed by atoms with van der Waals surface area (Å²) in [6.45, 7) is 5.05. The number of hydrogen-bond acceptors (Lipinski definition) is 3. The Morgan fingerprint density at radius 3 is 2.87 bits per heavy atom. The van der Waals surface area contributed by atoms with E-state index < -0.39 is 5.60 Å². The topological polar surface area (TPSA) is 29.5 Å². The number of hydrogen-bond donors (Lipinski definition) is 1. The van der Waals surface area contributed by atoms with Crippen molar-refractivity contribution in [2.75, 3.05) is 18.1 Å². The van der Waals surface area contributed by atoms with Gasteiger partial charge in [-0.3, -0.25) is 0 Å². The molecule has 0 spiro atoms. The van der Waals surface area contributed by atoms with Crippen LogP contribution in [0.4, 0.5) is 0 Å². The highest BCUT2D eigenvalue weighted by atomic mass is 32.2. The summed E-state index contributed by atoms with van der Waals surface area (Å²) in [5.41, 5.74) is -0.822. The van der Waals surface area contributed by atoms with E-state index in [2.05, 4.69) is 19.9 Å². The molecule has 3 heteroatoms. The standard InChI is InChI=1S/C12H20O2S/c1-11(2)6-8-15-9-12(11,13)10-5-3-4-7-14-10/h5,13H,3-4,6-9H2,1-2H3. The van der Waals surface area contributed by atoms with Crippen molar-refractivity contribution < 1.29 is 9.84 Å². The van der Waals surface area contributed by atoms with Crippen molar-refractivity contribution in [2.24, 2.45) is 5.41 Å². The zero-order chi connectivity index (χ0) is 10.9. The van der Waals surface area contributed by atoms with Gasteiger partial charge in [0.1, 0.15) is 11.4 Å². The second-order valence-electron chi connectivity index (χ2n) is 5.11. The molecule has 0 aromatic carbocycles. The fourth-order valence-corrected chi connectivity index (χ4v) is 3.83. The number of rotatable bonds is 1. The highest BCUT2D eigenvalue weighted by Gasteiger charge is 2.49. The molecule has 2 nitrogen and oxygen atoms in total. The highest BCUT2D eigenvalue weighted by Crippen LogP contribution is 2.47. The second-order valence-corrected chi connectivity index (χ2v) is 6.21. The van der Waals surface area contributed by atoms with Gasteiger partial charge in [0.05, 0.1) is 6.61 Å². The Bertz CT molecular complexity index is 273. The first-order chi connectivity index (χ1) is 7.06. The zero-order valence-corrected chi connectivity index (χ0v) is 10.4. The molecule has 2 aliphatic rings. The molecular weight excluding hydrogens is 208 g/mol. The summed E-state index contributed by atoms with van der Waals surface area (Å²) in [5, 5.41) is 10.8. The van der Waals surface area contributed by atoms with E-state index >= 15 is 0 Å². The minimum atomic E-state index is -0.754. The van der Waals surface area contributed by atoms with Gasteiger partial charge in [0.25, 0.3) is 0 Å². The van der Waals surface area contributed by atoms with Crippen LogP contribution in [-0.2, 0) is 4.74 Å². The van der Waals surface area contributed by atoms with Gasteiger partial charge >= 0.3 is 0 Å².